The van der Waals surface area contributed by atoms with Crippen LogP contribution in [0.15, 0.2) is 35.5 Å². The van der Waals surface area contributed by atoms with Gasteiger partial charge in [0.25, 0.3) is 5.78 Å². The molecule has 0 unspecified atom stereocenters. The van der Waals surface area contributed by atoms with Gasteiger partial charge in [-0.25, -0.2) is 9.50 Å². The van der Waals surface area contributed by atoms with E-state index in [1.807, 2.05) is 45.0 Å². The normalized spacial score (nSPS) is 13.5. The zero-order valence-electron chi connectivity index (χ0n) is 16.4. The first-order valence-corrected chi connectivity index (χ1v) is 10.0. The molecule has 27 heavy (non-hydrogen) atoms. The monoisotopic (exact) mass is 383 g/mol. The predicted molar refractivity (Wildman–Crippen MR) is 109 cm³/mol. The quantitative estimate of drug-likeness (QED) is 0.640. The molecule has 0 spiro atoms. The number of amides is 1. The lowest BCUT2D eigenvalue weighted by atomic mass is 9.97. The number of fused-ring (bicyclic) bond motifs is 1. The van der Waals surface area contributed by atoms with Crippen molar-refractivity contribution in [1.29, 1.82) is 0 Å². The van der Waals surface area contributed by atoms with Crippen molar-refractivity contribution >= 4 is 29.1 Å². The molecule has 0 aliphatic carbocycles. The van der Waals surface area contributed by atoms with Crippen molar-refractivity contribution < 1.29 is 4.79 Å². The van der Waals surface area contributed by atoms with Crippen LogP contribution in [0, 0.1) is 13.8 Å². The third-order valence-electron chi connectivity index (χ3n) is 4.61. The van der Waals surface area contributed by atoms with E-state index >= 15 is 0 Å². The van der Waals surface area contributed by atoms with Crippen molar-refractivity contribution in [2.75, 3.05) is 5.32 Å². The van der Waals surface area contributed by atoms with Gasteiger partial charge in [-0.05, 0) is 50.8 Å². The van der Waals surface area contributed by atoms with Gasteiger partial charge in [-0.15, -0.1) is 5.10 Å². The molecule has 0 radical (unpaired) electrons. The van der Waals surface area contributed by atoms with Crippen molar-refractivity contribution in [2.45, 2.75) is 57.4 Å². The van der Waals surface area contributed by atoms with Gasteiger partial charge >= 0.3 is 0 Å². The Morgan fingerprint density at radius 3 is 2.70 bits per heavy atom. The molecule has 1 N–H and O–H groups in total. The number of nitrogens with one attached hydrogen (secondary N) is 1. The van der Waals surface area contributed by atoms with E-state index in [0.29, 0.717) is 16.9 Å². The number of nitrogens with zero attached hydrogens (tertiary/aromatic N) is 4. The summed E-state index contributed by atoms with van der Waals surface area (Å²) in [5.41, 5.74) is 3.90. The van der Waals surface area contributed by atoms with Gasteiger partial charge < -0.3 is 5.32 Å². The molecule has 1 amide bonds. The van der Waals surface area contributed by atoms with Crippen molar-refractivity contribution in [2.24, 2.45) is 0 Å². The number of benzene rings is 1. The maximum atomic E-state index is 12.7. The van der Waals surface area contributed by atoms with E-state index in [4.69, 9.17) is 0 Å². The minimum Gasteiger partial charge on any atom is -0.325 e. The maximum Gasteiger partial charge on any atom is 0.253 e. The van der Waals surface area contributed by atoms with Gasteiger partial charge in [-0.2, -0.15) is 4.98 Å². The van der Waals surface area contributed by atoms with E-state index in [2.05, 4.69) is 40.3 Å². The Balaban J connectivity index is 1.74. The third kappa shape index (κ3) is 4.30. The summed E-state index contributed by atoms with van der Waals surface area (Å²) in [6.07, 6.45) is 1.02. The van der Waals surface area contributed by atoms with Gasteiger partial charge in [0.15, 0.2) is 0 Å². The largest absolute Gasteiger partial charge is 0.325 e. The SMILES string of the molecule is CC[C@@H](C)c1ccccc1NC(=O)[C@H](C)Sc1nc2nc(C)cc(C)n2n1. The number of carbonyl (C=O) groups is 1. The highest BCUT2D eigenvalue weighted by atomic mass is 32.2. The summed E-state index contributed by atoms with van der Waals surface area (Å²) in [5.74, 6) is 0.891. The van der Waals surface area contributed by atoms with Crippen LogP contribution in [0.4, 0.5) is 5.69 Å². The second-order valence-electron chi connectivity index (χ2n) is 6.79. The molecule has 0 aliphatic rings. The van der Waals surface area contributed by atoms with Gasteiger partial charge in [-0.1, -0.05) is 43.8 Å². The molecule has 0 fully saturated rings. The Labute approximate surface area is 163 Å². The highest BCUT2D eigenvalue weighted by molar-refractivity contribution is 8.00. The number of anilines is 1. The van der Waals surface area contributed by atoms with E-state index in [0.717, 1.165) is 29.1 Å². The number of aromatic nitrogens is 4. The smallest absolute Gasteiger partial charge is 0.253 e. The van der Waals surface area contributed by atoms with E-state index in [9.17, 15) is 4.79 Å². The number of hydrogen-bond donors (Lipinski definition) is 1. The van der Waals surface area contributed by atoms with E-state index < -0.39 is 0 Å². The Hall–Kier alpha value is -2.41. The second-order valence-corrected chi connectivity index (χ2v) is 8.10. The molecule has 0 aliphatic heterocycles. The van der Waals surface area contributed by atoms with Gasteiger partial charge in [0.05, 0.1) is 5.25 Å². The average molecular weight is 384 g/mol. The zero-order valence-corrected chi connectivity index (χ0v) is 17.2. The molecule has 142 valence electrons. The fourth-order valence-electron chi connectivity index (χ4n) is 2.90. The molecule has 2 atom stereocenters. The first-order chi connectivity index (χ1) is 12.9. The zero-order chi connectivity index (χ0) is 19.6. The molecule has 3 rings (SSSR count). The molecule has 1 aromatic carbocycles. The maximum absolute atomic E-state index is 12.7. The highest BCUT2D eigenvalue weighted by Gasteiger charge is 2.20. The van der Waals surface area contributed by atoms with Crippen LogP contribution in [0.2, 0.25) is 0 Å². The van der Waals surface area contributed by atoms with Crippen LogP contribution >= 0.6 is 11.8 Å². The summed E-state index contributed by atoms with van der Waals surface area (Å²) < 4.78 is 1.71. The Kier molecular flexibility index (Phi) is 5.79. The van der Waals surface area contributed by atoms with Crippen molar-refractivity contribution in [1.82, 2.24) is 19.6 Å². The van der Waals surface area contributed by atoms with Crippen molar-refractivity contribution in [3.63, 3.8) is 0 Å². The van der Waals surface area contributed by atoms with Gasteiger partial charge in [0.1, 0.15) is 0 Å². The van der Waals surface area contributed by atoms with Gasteiger partial charge in [0.2, 0.25) is 11.1 Å². The van der Waals surface area contributed by atoms with Crippen molar-refractivity contribution in [3.05, 3.63) is 47.3 Å². The van der Waals surface area contributed by atoms with E-state index in [1.54, 1.807) is 4.52 Å². The summed E-state index contributed by atoms with van der Waals surface area (Å²) in [6.45, 7) is 10.1. The predicted octanol–water partition coefficient (Wildman–Crippen LogP) is 4.37. The van der Waals surface area contributed by atoms with E-state index in [1.165, 1.54) is 11.8 Å². The number of rotatable bonds is 6. The number of carbonyl (C=O) groups excluding carboxylic acids is 1. The molecular formula is C20H25N5OS. The fraction of sp³-hybridized carbons (Fsp3) is 0.400. The van der Waals surface area contributed by atoms with Gasteiger partial charge in [0, 0.05) is 17.1 Å². The minimum absolute atomic E-state index is 0.0597. The number of para-hydroxylation sites is 1. The van der Waals surface area contributed by atoms with Crippen LogP contribution in [-0.4, -0.2) is 30.7 Å². The Bertz CT molecular complexity index is 968. The van der Waals surface area contributed by atoms with E-state index in [-0.39, 0.29) is 11.2 Å². The number of hydrogen-bond acceptors (Lipinski definition) is 5. The lowest BCUT2D eigenvalue weighted by molar-refractivity contribution is -0.115. The highest BCUT2D eigenvalue weighted by Crippen LogP contribution is 2.28. The molecule has 3 aromatic rings. The first-order valence-electron chi connectivity index (χ1n) is 9.16. The summed E-state index contributed by atoms with van der Waals surface area (Å²) >= 11 is 1.34. The summed E-state index contributed by atoms with van der Waals surface area (Å²) in [4.78, 5) is 21.5. The first kappa shape index (κ1) is 19.4. The third-order valence-corrected chi connectivity index (χ3v) is 5.56. The van der Waals surface area contributed by atoms with Crippen molar-refractivity contribution in [3.8, 4) is 0 Å². The minimum atomic E-state index is -0.325. The lowest BCUT2D eigenvalue weighted by Gasteiger charge is -2.17. The standard InChI is InChI=1S/C20H25N5OS/c1-6-12(2)16-9-7-8-10-17(16)22-18(26)15(5)27-20-23-19-21-13(3)11-14(4)25(19)24-20/h7-12,15H,6H2,1-5H3,(H,22,26)/t12-,15+/m1/s1. The summed E-state index contributed by atoms with van der Waals surface area (Å²) in [7, 11) is 0. The molecule has 2 aromatic heterocycles. The molecule has 2 heterocycles. The molecule has 0 bridgehead atoms. The topological polar surface area (TPSA) is 72.2 Å². The van der Waals surface area contributed by atoms with Crippen LogP contribution in [-0.2, 0) is 4.79 Å². The Morgan fingerprint density at radius 1 is 1.22 bits per heavy atom. The number of aryl methyl sites for hydroxylation is 2. The summed E-state index contributed by atoms with van der Waals surface area (Å²) in [6, 6.07) is 9.93. The summed E-state index contributed by atoms with van der Waals surface area (Å²) in [5, 5.41) is 7.75. The average Bonchev–Trinajstić information content (AvgIpc) is 3.04. The van der Waals surface area contributed by atoms with Crippen LogP contribution < -0.4 is 5.32 Å². The van der Waals surface area contributed by atoms with Gasteiger partial charge in [-0.3, -0.25) is 4.79 Å². The molecular weight excluding hydrogens is 358 g/mol. The second kappa shape index (κ2) is 8.08. The molecule has 7 heteroatoms. The van der Waals surface area contributed by atoms with Crippen LogP contribution in [0.5, 0.6) is 0 Å². The Morgan fingerprint density at radius 2 is 1.96 bits per heavy atom. The molecule has 6 nitrogen and oxygen atoms in total. The van der Waals surface area contributed by atoms with Crippen LogP contribution in [0.25, 0.3) is 5.78 Å². The van der Waals surface area contributed by atoms with Crippen LogP contribution in [0.3, 0.4) is 0 Å². The fourth-order valence-corrected chi connectivity index (χ4v) is 3.65. The molecule has 0 saturated carbocycles. The number of thioether (sulfide) groups is 1. The van der Waals surface area contributed by atoms with Crippen LogP contribution in [0.1, 0.15) is 50.1 Å². The molecule has 0 saturated heterocycles. The lowest BCUT2D eigenvalue weighted by Crippen LogP contribution is -2.23.